The Labute approximate surface area is 196 Å². The van der Waals surface area contributed by atoms with Crippen LogP contribution in [0.4, 0.5) is 5.69 Å². The van der Waals surface area contributed by atoms with Crippen LogP contribution < -0.4 is 9.64 Å². The van der Waals surface area contributed by atoms with E-state index < -0.39 is 6.10 Å². The van der Waals surface area contributed by atoms with Crippen molar-refractivity contribution in [2.75, 3.05) is 4.90 Å². The summed E-state index contributed by atoms with van der Waals surface area (Å²) in [7, 11) is 0. The molecule has 162 valence electrons. The average molecular weight is 452 g/mol. The first-order valence-electron chi connectivity index (χ1n) is 10.7. The van der Waals surface area contributed by atoms with Crippen molar-refractivity contribution >= 4 is 29.6 Å². The molecule has 33 heavy (non-hydrogen) atoms. The van der Waals surface area contributed by atoms with Gasteiger partial charge in [-0.15, -0.1) is 0 Å². The van der Waals surface area contributed by atoms with Gasteiger partial charge >= 0.3 is 0 Å². The van der Waals surface area contributed by atoms with Gasteiger partial charge in [0.2, 0.25) is 6.10 Å². The molecule has 2 atom stereocenters. The smallest absolute Gasteiger partial charge is 0.271 e. The van der Waals surface area contributed by atoms with E-state index in [4.69, 9.17) is 4.74 Å². The fourth-order valence-electron chi connectivity index (χ4n) is 3.91. The molecule has 4 nitrogen and oxygen atoms in total. The third-order valence-corrected chi connectivity index (χ3v) is 6.58. The monoisotopic (exact) mass is 451 g/mol. The lowest BCUT2D eigenvalue weighted by atomic mass is 9.89. The van der Waals surface area contributed by atoms with Crippen LogP contribution in [-0.2, 0) is 4.79 Å². The number of amides is 1. The Morgan fingerprint density at radius 2 is 1.30 bits per heavy atom. The molecule has 0 saturated carbocycles. The minimum atomic E-state index is -0.569. The minimum Gasteiger partial charge on any atom is -0.478 e. The molecule has 1 amide bonds. The van der Waals surface area contributed by atoms with E-state index in [-0.39, 0.29) is 11.9 Å². The number of β-lactam (4-membered cyclic amide) rings is 1. The van der Waals surface area contributed by atoms with E-state index in [0.717, 1.165) is 27.3 Å². The number of carbonyl (C=O) groups excluding carboxylic acids is 2. The fraction of sp³-hybridized carbons (Fsp3) is 0.0714. The second kappa shape index (κ2) is 9.35. The Hall–Kier alpha value is -3.83. The van der Waals surface area contributed by atoms with Gasteiger partial charge < -0.3 is 4.74 Å². The molecule has 1 fully saturated rings. The van der Waals surface area contributed by atoms with Gasteiger partial charge in [-0.05, 0) is 54.1 Å². The summed E-state index contributed by atoms with van der Waals surface area (Å²) in [6, 6.07) is 34.6. The van der Waals surface area contributed by atoms with Crippen LogP contribution in [0.3, 0.4) is 0 Å². The van der Waals surface area contributed by atoms with Crippen molar-refractivity contribution in [2.45, 2.75) is 21.9 Å². The molecular weight excluding hydrogens is 430 g/mol. The number of anilines is 1. The molecule has 5 heteroatoms. The van der Waals surface area contributed by atoms with Gasteiger partial charge in [0.15, 0.2) is 0 Å². The molecule has 2 unspecified atom stereocenters. The quantitative estimate of drug-likeness (QED) is 0.248. The SMILES string of the molecule is O=Cc1ccc(Sc2ccc(N3C(=O)C(Oc4ccccc4)C3c3ccccc3)cc2)cc1. The van der Waals surface area contributed by atoms with Gasteiger partial charge in [0, 0.05) is 21.0 Å². The maximum atomic E-state index is 13.2. The summed E-state index contributed by atoms with van der Waals surface area (Å²) in [6.07, 6.45) is 0.269. The molecule has 0 spiro atoms. The predicted octanol–water partition coefficient (Wildman–Crippen LogP) is 6.19. The van der Waals surface area contributed by atoms with E-state index in [1.54, 1.807) is 28.8 Å². The van der Waals surface area contributed by atoms with E-state index in [2.05, 4.69) is 0 Å². The number of carbonyl (C=O) groups is 2. The highest BCUT2D eigenvalue weighted by molar-refractivity contribution is 7.99. The Balaban J connectivity index is 1.37. The molecule has 0 N–H and O–H groups in total. The Bertz CT molecular complexity index is 1240. The van der Waals surface area contributed by atoms with Gasteiger partial charge in [0.1, 0.15) is 18.1 Å². The van der Waals surface area contributed by atoms with Crippen LogP contribution >= 0.6 is 11.8 Å². The van der Waals surface area contributed by atoms with Crippen LogP contribution in [0.5, 0.6) is 5.75 Å². The summed E-state index contributed by atoms with van der Waals surface area (Å²) in [6.45, 7) is 0. The normalized spacial score (nSPS) is 17.3. The Morgan fingerprint density at radius 1 is 0.727 bits per heavy atom. The molecule has 1 aliphatic rings. The number of nitrogens with zero attached hydrogens (tertiary/aromatic N) is 1. The van der Waals surface area contributed by atoms with E-state index >= 15 is 0 Å². The summed E-state index contributed by atoms with van der Waals surface area (Å²) in [5.74, 6) is 0.626. The van der Waals surface area contributed by atoms with Gasteiger partial charge in [-0.3, -0.25) is 14.5 Å². The first kappa shape index (κ1) is 21.0. The number of aldehydes is 1. The number of hydrogen-bond donors (Lipinski definition) is 0. The maximum absolute atomic E-state index is 13.2. The van der Waals surface area contributed by atoms with Crippen molar-refractivity contribution in [3.63, 3.8) is 0 Å². The van der Waals surface area contributed by atoms with E-state index in [9.17, 15) is 9.59 Å². The summed E-state index contributed by atoms with van der Waals surface area (Å²) < 4.78 is 6.08. The van der Waals surface area contributed by atoms with E-state index in [1.165, 1.54) is 0 Å². The van der Waals surface area contributed by atoms with E-state index in [0.29, 0.717) is 11.3 Å². The van der Waals surface area contributed by atoms with Crippen molar-refractivity contribution in [1.82, 2.24) is 0 Å². The van der Waals surface area contributed by atoms with Crippen molar-refractivity contribution in [3.8, 4) is 5.75 Å². The first-order valence-corrected chi connectivity index (χ1v) is 11.5. The summed E-state index contributed by atoms with van der Waals surface area (Å²) in [5, 5.41) is 0. The van der Waals surface area contributed by atoms with Crippen LogP contribution in [0.1, 0.15) is 22.0 Å². The summed E-state index contributed by atoms with van der Waals surface area (Å²) in [4.78, 5) is 27.9. The Morgan fingerprint density at radius 3 is 1.91 bits per heavy atom. The number of hydrogen-bond acceptors (Lipinski definition) is 4. The average Bonchev–Trinajstić information content (AvgIpc) is 2.88. The van der Waals surface area contributed by atoms with Crippen molar-refractivity contribution in [1.29, 1.82) is 0 Å². The second-order valence-corrected chi connectivity index (χ2v) is 8.85. The van der Waals surface area contributed by atoms with Crippen LogP contribution in [0.15, 0.2) is 119 Å². The van der Waals surface area contributed by atoms with Crippen molar-refractivity contribution < 1.29 is 14.3 Å². The maximum Gasteiger partial charge on any atom is 0.271 e. The third-order valence-electron chi connectivity index (χ3n) is 5.56. The van der Waals surface area contributed by atoms with Gasteiger partial charge in [-0.2, -0.15) is 0 Å². The summed E-state index contributed by atoms with van der Waals surface area (Å²) in [5.41, 5.74) is 2.53. The zero-order valence-corrected chi connectivity index (χ0v) is 18.5. The number of rotatable bonds is 7. The molecule has 4 aromatic rings. The van der Waals surface area contributed by atoms with Gasteiger partial charge in [-0.1, -0.05) is 72.4 Å². The van der Waals surface area contributed by atoms with Crippen LogP contribution in [0.2, 0.25) is 0 Å². The highest BCUT2D eigenvalue weighted by Gasteiger charge is 2.50. The number of para-hydroxylation sites is 1. The molecule has 1 heterocycles. The lowest BCUT2D eigenvalue weighted by Gasteiger charge is -2.46. The number of benzene rings is 4. The van der Waals surface area contributed by atoms with Gasteiger partial charge in [-0.25, -0.2) is 0 Å². The highest BCUT2D eigenvalue weighted by atomic mass is 32.2. The minimum absolute atomic E-state index is 0.0578. The first-order chi connectivity index (χ1) is 16.2. The van der Waals surface area contributed by atoms with Crippen LogP contribution in [0.25, 0.3) is 0 Å². The molecule has 5 rings (SSSR count). The third kappa shape index (κ3) is 4.41. The number of ether oxygens (including phenoxy) is 1. The fourth-order valence-corrected chi connectivity index (χ4v) is 4.73. The zero-order chi connectivity index (χ0) is 22.6. The highest BCUT2D eigenvalue weighted by Crippen LogP contribution is 2.42. The lowest BCUT2D eigenvalue weighted by Crippen LogP contribution is -2.61. The van der Waals surface area contributed by atoms with Crippen LogP contribution in [0, 0.1) is 0 Å². The lowest BCUT2D eigenvalue weighted by molar-refractivity contribution is -0.135. The van der Waals surface area contributed by atoms with Gasteiger partial charge in [0.25, 0.3) is 5.91 Å². The van der Waals surface area contributed by atoms with Gasteiger partial charge in [0.05, 0.1) is 0 Å². The molecule has 4 aromatic carbocycles. The molecule has 0 aliphatic carbocycles. The van der Waals surface area contributed by atoms with Crippen molar-refractivity contribution in [3.05, 3.63) is 120 Å². The zero-order valence-electron chi connectivity index (χ0n) is 17.7. The predicted molar refractivity (Wildman–Crippen MR) is 130 cm³/mol. The topological polar surface area (TPSA) is 46.6 Å². The molecule has 0 radical (unpaired) electrons. The Kier molecular flexibility index (Phi) is 5.96. The van der Waals surface area contributed by atoms with Crippen LogP contribution in [-0.4, -0.2) is 18.3 Å². The summed E-state index contributed by atoms with van der Waals surface area (Å²) >= 11 is 1.61. The molecule has 0 aromatic heterocycles. The molecular formula is C28H21NO3S. The van der Waals surface area contributed by atoms with Crippen molar-refractivity contribution in [2.24, 2.45) is 0 Å². The molecule has 1 saturated heterocycles. The standard InChI is InChI=1S/C28H21NO3S/c30-19-20-11-15-24(16-12-20)33-25-17-13-22(14-18-25)29-26(21-7-3-1-4-8-21)27(28(29)31)32-23-9-5-2-6-10-23/h1-19,26-27H. The molecule has 1 aliphatic heterocycles. The molecule has 0 bridgehead atoms. The van der Waals surface area contributed by atoms with E-state index in [1.807, 2.05) is 97.1 Å². The largest absolute Gasteiger partial charge is 0.478 e. The second-order valence-electron chi connectivity index (χ2n) is 7.70.